The molecule has 1 aliphatic carbocycles. The number of nitrogens with two attached hydrogens (primary N) is 1. The Kier molecular flexibility index (Phi) is 13.3. The third kappa shape index (κ3) is 7.97. The number of carbonyl (C=O) groups is 2. The van der Waals surface area contributed by atoms with Crippen LogP contribution in [0, 0.1) is 5.41 Å². The molecule has 44 heavy (non-hydrogen) atoms. The number of nitrogens with zero attached hydrogens (tertiary/aromatic N) is 3. The number of carboxylic acids is 1. The van der Waals surface area contributed by atoms with Gasteiger partial charge in [-0.1, -0.05) is 11.2 Å². The molecule has 0 atom stereocenters. The second kappa shape index (κ2) is 15.2. The Morgan fingerprint density at radius 3 is 2.25 bits per heavy atom. The molecule has 20 heteroatoms. The largest absolute Gasteiger partial charge is 1.00 e. The Balaban J connectivity index is 0.00000337. The van der Waals surface area contributed by atoms with Crippen LogP contribution >= 0.6 is 0 Å². The number of aromatic carboxylic acids is 1. The summed E-state index contributed by atoms with van der Waals surface area (Å²) < 4.78 is 78.4. The van der Waals surface area contributed by atoms with Crippen molar-refractivity contribution < 1.29 is 148 Å². The van der Waals surface area contributed by atoms with Gasteiger partial charge in [0.15, 0.2) is 11.3 Å². The molecule has 4 rings (SSSR count). The van der Waals surface area contributed by atoms with Crippen molar-refractivity contribution in [3.8, 4) is 22.5 Å². The van der Waals surface area contributed by atoms with Crippen molar-refractivity contribution in [2.45, 2.75) is 16.2 Å². The van der Waals surface area contributed by atoms with Gasteiger partial charge in [-0.2, -0.15) is 0 Å². The third-order valence-corrected chi connectivity index (χ3v) is 7.89. The van der Waals surface area contributed by atoms with Gasteiger partial charge in [0.05, 0.1) is 16.6 Å². The smallest absolute Gasteiger partial charge is 0.744 e. The molecule has 1 aliphatic heterocycles. The summed E-state index contributed by atoms with van der Waals surface area (Å²) in [6.07, 6.45) is 0.308. The number of rotatable bonds is 9. The van der Waals surface area contributed by atoms with Crippen LogP contribution in [-0.2, 0) is 20.2 Å². The van der Waals surface area contributed by atoms with Crippen molar-refractivity contribution in [1.82, 2.24) is 5.32 Å². The predicted molar refractivity (Wildman–Crippen MR) is 142 cm³/mol. The van der Waals surface area contributed by atoms with Gasteiger partial charge >= 0.3 is 109 Å². The zero-order valence-corrected chi connectivity index (χ0v) is 30.9. The summed E-state index contributed by atoms with van der Waals surface area (Å²) in [6.45, 7) is 0.217. The summed E-state index contributed by atoms with van der Waals surface area (Å²) >= 11 is 0. The molecule has 2 aromatic carbocycles. The first-order chi connectivity index (χ1) is 19.7. The quantitative estimate of drug-likeness (QED) is 0.0193. The molecule has 5 N–H and O–H groups in total. The molecule has 1 heterocycles. The maximum Gasteiger partial charge on any atom is 1.00 e. The Morgan fingerprint density at radius 1 is 1.02 bits per heavy atom. The van der Waals surface area contributed by atoms with Gasteiger partial charge < -0.3 is 29.7 Å². The fraction of sp³-hybridized carbons (Fsp3) is 0.125. The molecule has 0 unspecified atom stereocenters. The van der Waals surface area contributed by atoms with E-state index in [0.29, 0.717) is 6.42 Å². The van der Waals surface area contributed by atoms with E-state index in [1.165, 1.54) is 18.2 Å². The van der Waals surface area contributed by atoms with Crippen molar-refractivity contribution in [3.05, 3.63) is 69.4 Å². The number of nitrogen functional groups attached to an aromatic ring is 1. The molecule has 0 bridgehead atoms. The van der Waals surface area contributed by atoms with E-state index >= 15 is 0 Å². The molecular weight excluding hydrogens is 675 g/mol. The normalized spacial score (nSPS) is 11.2. The standard InChI is InChI=1S/C24H20N6O10S2.2K/c25-16-6-4-13-18(12-3-2-11(10-15(12)24(32)33)23(31)28-8-1-9-29-30-27)14-5-7-17(26)22(42(37,38)39)20(14)40-19(13)21(16)41(34,35)36;;/h2-7,10,25H,1,8-9,26H2,(H,28,31)(H,32,33)(H,34,35,36)(H,37,38,39);;/q;2*+1/p-2. The Bertz CT molecular complexity index is 2100. The number of fused-ring (bicyclic) bond motifs is 2. The average Bonchev–Trinajstić information content (AvgIpc) is 2.89. The third-order valence-electron chi connectivity index (χ3n) is 6.06. The number of nitrogens with one attached hydrogen (secondary N) is 2. The average molecular weight is 693 g/mol. The molecule has 16 nitrogen and oxygen atoms in total. The van der Waals surface area contributed by atoms with Crippen molar-refractivity contribution in [3.63, 3.8) is 0 Å². The van der Waals surface area contributed by atoms with Gasteiger partial charge in [0.1, 0.15) is 30.0 Å². The van der Waals surface area contributed by atoms with Gasteiger partial charge in [-0.25, -0.2) is 21.6 Å². The van der Waals surface area contributed by atoms with E-state index < -0.39 is 69.9 Å². The number of carboxylic acid groups (broad SMARTS) is 1. The Morgan fingerprint density at radius 2 is 1.66 bits per heavy atom. The molecule has 1 amide bonds. The zero-order valence-electron chi connectivity index (χ0n) is 23.0. The van der Waals surface area contributed by atoms with E-state index in [0.717, 1.165) is 24.3 Å². The van der Waals surface area contributed by atoms with Gasteiger partial charge in [0.25, 0.3) is 5.91 Å². The minimum atomic E-state index is -5.43. The van der Waals surface area contributed by atoms with Crippen LogP contribution in [0.3, 0.4) is 0 Å². The Labute approximate surface area is 334 Å². The second-order valence-electron chi connectivity index (χ2n) is 8.69. The molecule has 0 fully saturated rings. The Hall–Kier alpha value is -1.73. The number of hydrogen-bond donors (Lipinski definition) is 4. The maximum absolute atomic E-state index is 12.6. The summed E-state index contributed by atoms with van der Waals surface area (Å²) in [5.74, 6) is -3.03. The molecule has 0 saturated carbocycles. The van der Waals surface area contributed by atoms with Crippen LogP contribution in [0.4, 0.5) is 5.69 Å². The second-order valence-corrected chi connectivity index (χ2v) is 11.3. The summed E-state index contributed by atoms with van der Waals surface area (Å²) in [5, 5.41) is 22.9. The van der Waals surface area contributed by atoms with Gasteiger partial charge in [0.2, 0.25) is 0 Å². The molecule has 2 aliphatic rings. The number of hydrogen-bond acceptors (Lipinski definition) is 12. The SMILES string of the molecule is [K+].[K+].[N-]=[N+]=NCCCNC(=O)c1ccc(-c2c3ccc(=N)c(S(=O)(=O)[O-])c-3oc3c(S(=O)(=O)[O-])c(N)ccc23)c(C(=O)O)c1. The first-order valence-corrected chi connectivity index (χ1v) is 14.4. The summed E-state index contributed by atoms with van der Waals surface area (Å²) in [7, 11) is -10.8. The van der Waals surface area contributed by atoms with Crippen LogP contribution in [0.1, 0.15) is 27.1 Å². The minimum Gasteiger partial charge on any atom is -0.744 e. The fourth-order valence-corrected chi connectivity index (χ4v) is 5.81. The summed E-state index contributed by atoms with van der Waals surface area (Å²) in [5.41, 5.74) is 11.5. The van der Waals surface area contributed by atoms with Crippen LogP contribution < -0.4 is 119 Å². The predicted octanol–water partition coefficient (Wildman–Crippen LogP) is -3.79. The van der Waals surface area contributed by atoms with Crippen molar-refractivity contribution >= 4 is 48.8 Å². The number of azide groups is 1. The van der Waals surface area contributed by atoms with Crippen molar-refractivity contribution in [2.24, 2.45) is 5.11 Å². The molecular formula is C24H18K2N6O10S2. The molecule has 0 saturated heterocycles. The number of benzene rings is 3. The van der Waals surface area contributed by atoms with Gasteiger partial charge in [-0.3, -0.25) is 10.2 Å². The van der Waals surface area contributed by atoms with E-state index in [2.05, 4.69) is 15.3 Å². The first kappa shape index (κ1) is 38.5. The van der Waals surface area contributed by atoms with E-state index in [9.17, 15) is 40.6 Å². The molecule has 2 aromatic rings. The molecule has 0 spiro atoms. The zero-order chi connectivity index (χ0) is 31.0. The molecule has 0 aromatic heterocycles. The van der Waals surface area contributed by atoms with Crippen LogP contribution in [-0.4, -0.2) is 56.0 Å². The van der Waals surface area contributed by atoms with E-state index in [4.69, 9.17) is 21.1 Å². The summed E-state index contributed by atoms with van der Waals surface area (Å²) in [4.78, 5) is 25.4. The van der Waals surface area contributed by atoms with E-state index in [1.54, 1.807) is 0 Å². The van der Waals surface area contributed by atoms with Crippen LogP contribution in [0.25, 0.3) is 43.9 Å². The topological polar surface area (TPSA) is 293 Å². The van der Waals surface area contributed by atoms with Crippen LogP contribution in [0.5, 0.6) is 0 Å². The monoisotopic (exact) mass is 692 g/mol. The fourth-order valence-electron chi connectivity index (χ4n) is 4.36. The van der Waals surface area contributed by atoms with Crippen molar-refractivity contribution in [2.75, 3.05) is 18.8 Å². The van der Waals surface area contributed by atoms with Gasteiger partial charge in [-0.05, 0) is 53.9 Å². The number of anilines is 1. The van der Waals surface area contributed by atoms with Crippen molar-refractivity contribution in [1.29, 1.82) is 5.41 Å². The van der Waals surface area contributed by atoms with Gasteiger partial charge in [-0.15, -0.1) is 0 Å². The van der Waals surface area contributed by atoms with E-state index in [1.807, 2.05) is 0 Å². The minimum absolute atomic E-state index is 0. The maximum atomic E-state index is 12.6. The molecule has 0 radical (unpaired) electrons. The van der Waals surface area contributed by atoms with Gasteiger partial charge in [0, 0.05) is 40.1 Å². The van der Waals surface area contributed by atoms with Crippen LogP contribution in [0.15, 0.2) is 61.8 Å². The number of carbonyl (C=O) groups excluding carboxylic acids is 1. The number of amides is 1. The molecule has 218 valence electrons. The first-order valence-electron chi connectivity index (χ1n) is 11.6. The summed E-state index contributed by atoms with van der Waals surface area (Å²) in [6, 6.07) is 7.78. The van der Waals surface area contributed by atoms with Crippen LogP contribution in [0.2, 0.25) is 0 Å². The van der Waals surface area contributed by atoms with E-state index in [-0.39, 0.29) is 143 Å².